The van der Waals surface area contributed by atoms with E-state index < -0.39 is 24.3 Å². The van der Waals surface area contributed by atoms with Crippen molar-refractivity contribution >= 4 is 23.6 Å². The standard InChI is InChI=1S/C23H18FNO4/c24-19-11-5-4-8-17(19)14-15-23(27)28-16-22(26)25-20-12-6-7-13-21(20)29-18-9-2-1-3-10-18/h1-15H,16H2,(H,25,26)/b15-14+. The molecule has 0 aliphatic heterocycles. The quantitative estimate of drug-likeness (QED) is 0.464. The van der Waals surface area contributed by atoms with Crippen LogP contribution in [0.15, 0.2) is 84.9 Å². The van der Waals surface area contributed by atoms with Crippen molar-refractivity contribution in [3.8, 4) is 11.5 Å². The van der Waals surface area contributed by atoms with Crippen molar-refractivity contribution in [2.75, 3.05) is 11.9 Å². The molecule has 0 saturated heterocycles. The molecule has 1 N–H and O–H groups in total. The number of amides is 1. The number of hydrogen-bond acceptors (Lipinski definition) is 4. The minimum absolute atomic E-state index is 0.251. The summed E-state index contributed by atoms with van der Waals surface area (Å²) in [4.78, 5) is 23.9. The molecule has 0 saturated carbocycles. The molecule has 29 heavy (non-hydrogen) atoms. The van der Waals surface area contributed by atoms with Crippen molar-refractivity contribution in [2.45, 2.75) is 0 Å². The average molecular weight is 391 g/mol. The van der Waals surface area contributed by atoms with Crippen LogP contribution >= 0.6 is 0 Å². The van der Waals surface area contributed by atoms with E-state index in [4.69, 9.17) is 9.47 Å². The fourth-order valence-electron chi connectivity index (χ4n) is 2.41. The second kappa shape index (κ2) is 9.85. The average Bonchev–Trinajstić information content (AvgIpc) is 2.74. The zero-order valence-electron chi connectivity index (χ0n) is 15.4. The van der Waals surface area contributed by atoms with Crippen LogP contribution in [-0.2, 0) is 14.3 Å². The van der Waals surface area contributed by atoms with Crippen LogP contribution in [0.1, 0.15) is 5.56 Å². The Morgan fingerprint density at radius 2 is 1.59 bits per heavy atom. The Morgan fingerprint density at radius 3 is 2.38 bits per heavy atom. The van der Waals surface area contributed by atoms with Gasteiger partial charge in [-0.1, -0.05) is 48.5 Å². The second-order valence-electron chi connectivity index (χ2n) is 5.92. The third-order valence-electron chi connectivity index (χ3n) is 3.78. The summed E-state index contributed by atoms with van der Waals surface area (Å²) in [6.45, 7) is -0.486. The highest BCUT2D eigenvalue weighted by molar-refractivity contribution is 5.95. The largest absolute Gasteiger partial charge is 0.455 e. The summed E-state index contributed by atoms with van der Waals surface area (Å²) in [5.74, 6) is -0.653. The summed E-state index contributed by atoms with van der Waals surface area (Å²) in [7, 11) is 0. The summed E-state index contributed by atoms with van der Waals surface area (Å²) in [6, 6.07) is 22.1. The van der Waals surface area contributed by atoms with Gasteiger partial charge in [0.1, 0.15) is 11.6 Å². The van der Waals surface area contributed by atoms with Crippen LogP contribution in [0.2, 0.25) is 0 Å². The summed E-state index contributed by atoms with van der Waals surface area (Å²) in [5.41, 5.74) is 0.695. The van der Waals surface area contributed by atoms with Crippen LogP contribution in [0.3, 0.4) is 0 Å². The lowest BCUT2D eigenvalue weighted by Crippen LogP contribution is -2.20. The van der Waals surface area contributed by atoms with Gasteiger partial charge >= 0.3 is 5.97 Å². The maximum absolute atomic E-state index is 13.5. The van der Waals surface area contributed by atoms with E-state index in [0.717, 1.165) is 6.08 Å². The van der Waals surface area contributed by atoms with E-state index >= 15 is 0 Å². The molecular formula is C23H18FNO4. The van der Waals surface area contributed by atoms with Crippen molar-refractivity contribution in [1.29, 1.82) is 0 Å². The van der Waals surface area contributed by atoms with Gasteiger partial charge in [0.15, 0.2) is 12.4 Å². The third kappa shape index (κ3) is 6.04. The van der Waals surface area contributed by atoms with Gasteiger partial charge in [0.25, 0.3) is 5.91 Å². The highest BCUT2D eigenvalue weighted by Crippen LogP contribution is 2.28. The summed E-state index contributed by atoms with van der Waals surface area (Å²) in [5, 5.41) is 2.64. The molecule has 146 valence electrons. The number of halogens is 1. The maximum atomic E-state index is 13.5. The predicted octanol–water partition coefficient (Wildman–Crippen LogP) is 4.81. The molecule has 3 aromatic carbocycles. The van der Waals surface area contributed by atoms with Crippen molar-refractivity contribution in [3.05, 3.63) is 96.3 Å². The zero-order valence-corrected chi connectivity index (χ0v) is 15.4. The normalized spacial score (nSPS) is 10.5. The Balaban J connectivity index is 1.54. The molecule has 0 atom stereocenters. The highest BCUT2D eigenvalue weighted by atomic mass is 19.1. The number of ether oxygens (including phenoxy) is 2. The van der Waals surface area contributed by atoms with E-state index in [1.807, 2.05) is 18.2 Å². The Morgan fingerprint density at radius 1 is 0.897 bits per heavy atom. The van der Waals surface area contributed by atoms with E-state index in [1.54, 1.807) is 48.5 Å². The predicted molar refractivity (Wildman–Crippen MR) is 108 cm³/mol. The molecule has 0 radical (unpaired) electrons. The van der Waals surface area contributed by atoms with Gasteiger partial charge in [0.2, 0.25) is 0 Å². The molecule has 0 bridgehead atoms. The number of para-hydroxylation sites is 3. The van der Waals surface area contributed by atoms with Crippen molar-refractivity contribution < 1.29 is 23.5 Å². The van der Waals surface area contributed by atoms with Gasteiger partial charge in [-0.2, -0.15) is 0 Å². The first kappa shape index (κ1) is 19.8. The molecule has 3 aromatic rings. The molecule has 0 spiro atoms. The topological polar surface area (TPSA) is 64.6 Å². The number of hydrogen-bond donors (Lipinski definition) is 1. The van der Waals surface area contributed by atoms with Crippen LogP contribution in [-0.4, -0.2) is 18.5 Å². The van der Waals surface area contributed by atoms with E-state index in [2.05, 4.69) is 5.32 Å². The molecule has 5 nitrogen and oxygen atoms in total. The summed E-state index contributed by atoms with van der Waals surface area (Å²) in [6.07, 6.45) is 2.36. The van der Waals surface area contributed by atoms with Crippen LogP contribution < -0.4 is 10.1 Å². The van der Waals surface area contributed by atoms with Crippen LogP contribution in [0.25, 0.3) is 6.08 Å². The number of esters is 1. The summed E-state index contributed by atoms with van der Waals surface area (Å²) >= 11 is 0. The van der Waals surface area contributed by atoms with Gasteiger partial charge in [-0.15, -0.1) is 0 Å². The van der Waals surface area contributed by atoms with Gasteiger partial charge in [-0.25, -0.2) is 9.18 Å². The Labute approximate surface area is 167 Å². The molecular weight excluding hydrogens is 373 g/mol. The number of rotatable bonds is 7. The van der Waals surface area contributed by atoms with Gasteiger partial charge in [0, 0.05) is 11.6 Å². The Bertz CT molecular complexity index is 1020. The van der Waals surface area contributed by atoms with E-state index in [-0.39, 0.29) is 5.56 Å². The second-order valence-corrected chi connectivity index (χ2v) is 5.92. The minimum atomic E-state index is -0.753. The maximum Gasteiger partial charge on any atom is 0.331 e. The van der Waals surface area contributed by atoms with Gasteiger partial charge in [-0.3, -0.25) is 4.79 Å². The number of carbonyl (C=O) groups excluding carboxylic acids is 2. The van der Waals surface area contributed by atoms with Crippen molar-refractivity contribution in [1.82, 2.24) is 0 Å². The van der Waals surface area contributed by atoms with Crippen LogP contribution in [0.5, 0.6) is 11.5 Å². The molecule has 0 fully saturated rings. The SMILES string of the molecule is O=C(COC(=O)/C=C/c1ccccc1F)Nc1ccccc1Oc1ccccc1. The van der Waals surface area contributed by atoms with Crippen molar-refractivity contribution in [3.63, 3.8) is 0 Å². The van der Waals surface area contributed by atoms with Crippen LogP contribution in [0, 0.1) is 5.82 Å². The molecule has 3 rings (SSSR count). The first-order valence-corrected chi connectivity index (χ1v) is 8.83. The molecule has 0 aromatic heterocycles. The van der Waals surface area contributed by atoms with Crippen molar-refractivity contribution in [2.24, 2.45) is 0 Å². The smallest absolute Gasteiger partial charge is 0.331 e. The first-order valence-electron chi connectivity index (χ1n) is 8.83. The van der Waals surface area contributed by atoms with E-state index in [0.29, 0.717) is 17.2 Å². The van der Waals surface area contributed by atoms with E-state index in [1.165, 1.54) is 18.2 Å². The number of nitrogens with one attached hydrogen (secondary N) is 1. The number of anilines is 1. The Kier molecular flexibility index (Phi) is 6.73. The Hall–Kier alpha value is -3.93. The van der Waals surface area contributed by atoms with Gasteiger partial charge in [-0.05, 0) is 36.4 Å². The molecule has 0 unspecified atom stereocenters. The van der Waals surface area contributed by atoms with Gasteiger partial charge < -0.3 is 14.8 Å². The lowest BCUT2D eigenvalue weighted by atomic mass is 10.2. The lowest BCUT2D eigenvalue weighted by molar-refractivity contribution is -0.142. The molecule has 0 heterocycles. The fraction of sp³-hybridized carbons (Fsp3) is 0.0435. The number of benzene rings is 3. The molecule has 1 amide bonds. The number of carbonyl (C=O) groups is 2. The summed E-state index contributed by atoms with van der Waals surface area (Å²) < 4.78 is 24.2. The minimum Gasteiger partial charge on any atom is -0.455 e. The third-order valence-corrected chi connectivity index (χ3v) is 3.78. The highest BCUT2D eigenvalue weighted by Gasteiger charge is 2.10. The van der Waals surface area contributed by atoms with Crippen LogP contribution in [0.4, 0.5) is 10.1 Å². The monoisotopic (exact) mass is 391 g/mol. The first-order chi connectivity index (χ1) is 14.1. The van der Waals surface area contributed by atoms with E-state index in [9.17, 15) is 14.0 Å². The van der Waals surface area contributed by atoms with Gasteiger partial charge in [0.05, 0.1) is 5.69 Å². The molecule has 0 aliphatic carbocycles. The molecule has 6 heteroatoms. The molecule has 0 aliphatic rings. The lowest BCUT2D eigenvalue weighted by Gasteiger charge is -2.12. The zero-order chi connectivity index (χ0) is 20.5. The fourth-order valence-corrected chi connectivity index (χ4v) is 2.41.